The van der Waals surface area contributed by atoms with Crippen molar-refractivity contribution < 1.29 is 4.39 Å². The summed E-state index contributed by atoms with van der Waals surface area (Å²) in [6.07, 6.45) is 4.40. The average molecular weight is 289 g/mol. The van der Waals surface area contributed by atoms with Crippen molar-refractivity contribution in [3.63, 3.8) is 0 Å². The normalized spacial score (nSPS) is 16.8. The molecule has 1 aliphatic carbocycles. The summed E-state index contributed by atoms with van der Waals surface area (Å²) >= 11 is 0. The van der Waals surface area contributed by atoms with Gasteiger partial charge in [0.15, 0.2) is 0 Å². The van der Waals surface area contributed by atoms with Gasteiger partial charge in [-0.1, -0.05) is 13.8 Å². The molecule has 21 heavy (non-hydrogen) atoms. The van der Waals surface area contributed by atoms with Gasteiger partial charge in [-0.05, 0) is 49.8 Å². The molecule has 1 fully saturated rings. The molecule has 0 spiro atoms. The molecular weight excluding hydrogens is 265 g/mol. The van der Waals surface area contributed by atoms with Gasteiger partial charge in [0.1, 0.15) is 11.6 Å². The first kappa shape index (κ1) is 14.5. The first-order chi connectivity index (χ1) is 10.1. The Hall–Kier alpha value is -1.42. The van der Waals surface area contributed by atoms with Crippen LogP contribution < -0.4 is 5.73 Å². The molecule has 1 aromatic carbocycles. The number of nitrogens with zero attached hydrogens (tertiary/aromatic N) is 2. The van der Waals surface area contributed by atoms with Crippen LogP contribution >= 0.6 is 0 Å². The highest BCUT2D eigenvalue weighted by Crippen LogP contribution is 2.39. The van der Waals surface area contributed by atoms with Crippen molar-refractivity contribution in [3.8, 4) is 0 Å². The topological polar surface area (TPSA) is 43.8 Å². The number of benzene rings is 1. The Kier molecular flexibility index (Phi) is 3.98. The van der Waals surface area contributed by atoms with Gasteiger partial charge in [-0.25, -0.2) is 9.37 Å². The number of rotatable bonds is 6. The van der Waals surface area contributed by atoms with Crippen LogP contribution in [0, 0.1) is 17.7 Å². The smallest absolute Gasteiger partial charge is 0.125 e. The largest absolute Gasteiger partial charge is 0.330 e. The van der Waals surface area contributed by atoms with Crippen LogP contribution in [0.5, 0.6) is 0 Å². The van der Waals surface area contributed by atoms with Crippen molar-refractivity contribution in [3.05, 3.63) is 29.8 Å². The number of halogens is 1. The van der Waals surface area contributed by atoms with Gasteiger partial charge in [0.25, 0.3) is 0 Å². The zero-order chi connectivity index (χ0) is 15.0. The van der Waals surface area contributed by atoms with Crippen LogP contribution in [0.1, 0.15) is 45.0 Å². The number of fused-ring (bicyclic) bond motifs is 1. The minimum atomic E-state index is -0.216. The molecule has 0 radical (unpaired) electrons. The number of imidazole rings is 1. The van der Waals surface area contributed by atoms with Crippen molar-refractivity contribution >= 4 is 11.0 Å². The molecule has 1 atom stereocenters. The molecule has 2 N–H and O–H groups in total. The van der Waals surface area contributed by atoms with E-state index in [4.69, 9.17) is 10.7 Å². The molecule has 3 nitrogen and oxygen atoms in total. The van der Waals surface area contributed by atoms with E-state index >= 15 is 0 Å². The van der Waals surface area contributed by atoms with Gasteiger partial charge in [0.05, 0.1) is 11.0 Å². The average Bonchev–Trinajstić information content (AvgIpc) is 3.19. The lowest BCUT2D eigenvalue weighted by molar-refractivity contribution is 0.403. The van der Waals surface area contributed by atoms with Crippen LogP contribution in [0.2, 0.25) is 0 Å². The van der Waals surface area contributed by atoms with Crippen LogP contribution in [-0.4, -0.2) is 16.1 Å². The van der Waals surface area contributed by atoms with E-state index in [9.17, 15) is 4.39 Å². The summed E-state index contributed by atoms with van der Waals surface area (Å²) in [4.78, 5) is 4.70. The van der Waals surface area contributed by atoms with Crippen molar-refractivity contribution in [1.29, 1.82) is 0 Å². The lowest BCUT2D eigenvalue weighted by Crippen LogP contribution is -2.20. The molecule has 0 amide bonds. The molecule has 1 aromatic heterocycles. The Balaban J connectivity index is 1.95. The lowest BCUT2D eigenvalue weighted by Gasteiger charge is -2.17. The van der Waals surface area contributed by atoms with Crippen molar-refractivity contribution in [2.45, 2.75) is 45.6 Å². The van der Waals surface area contributed by atoms with Crippen LogP contribution in [0.4, 0.5) is 4.39 Å². The van der Waals surface area contributed by atoms with Gasteiger partial charge in [-0.2, -0.15) is 0 Å². The number of aromatic nitrogens is 2. The molecule has 0 bridgehead atoms. The quantitative estimate of drug-likeness (QED) is 0.881. The first-order valence-electron chi connectivity index (χ1n) is 7.95. The molecule has 1 saturated carbocycles. The van der Waals surface area contributed by atoms with Gasteiger partial charge >= 0.3 is 0 Å². The SMILES string of the molecule is CC(C)CC(CN)Cc1nc2cc(F)ccc2n1C1CC1. The predicted molar refractivity (Wildman–Crippen MR) is 83.7 cm³/mol. The first-order valence-corrected chi connectivity index (χ1v) is 7.95. The molecule has 114 valence electrons. The lowest BCUT2D eigenvalue weighted by atomic mass is 9.94. The molecular formula is C17H24FN3. The van der Waals surface area contributed by atoms with Crippen molar-refractivity contribution in [1.82, 2.24) is 9.55 Å². The molecule has 1 heterocycles. The summed E-state index contributed by atoms with van der Waals surface area (Å²) in [5.74, 6) is 1.94. The third-order valence-electron chi connectivity index (χ3n) is 4.25. The minimum absolute atomic E-state index is 0.216. The molecule has 4 heteroatoms. The molecule has 0 aliphatic heterocycles. The summed E-state index contributed by atoms with van der Waals surface area (Å²) in [5, 5.41) is 0. The number of nitrogens with two attached hydrogens (primary N) is 1. The van der Waals surface area contributed by atoms with Crippen LogP contribution in [-0.2, 0) is 6.42 Å². The third kappa shape index (κ3) is 3.10. The molecule has 3 rings (SSSR count). The highest BCUT2D eigenvalue weighted by molar-refractivity contribution is 5.76. The maximum absolute atomic E-state index is 13.4. The highest BCUT2D eigenvalue weighted by Gasteiger charge is 2.29. The van der Waals surface area contributed by atoms with Crippen molar-refractivity contribution in [2.24, 2.45) is 17.6 Å². The van der Waals surface area contributed by atoms with E-state index in [1.54, 1.807) is 0 Å². The van der Waals surface area contributed by atoms with Crippen LogP contribution in [0.25, 0.3) is 11.0 Å². The van der Waals surface area contributed by atoms with Gasteiger partial charge in [-0.15, -0.1) is 0 Å². The summed E-state index contributed by atoms with van der Waals surface area (Å²) < 4.78 is 15.7. The molecule has 1 aliphatic rings. The van der Waals surface area contributed by atoms with Crippen LogP contribution in [0.3, 0.4) is 0 Å². The number of hydrogen-bond donors (Lipinski definition) is 1. The summed E-state index contributed by atoms with van der Waals surface area (Å²) in [5.41, 5.74) is 7.77. The van der Waals surface area contributed by atoms with Gasteiger partial charge in [0.2, 0.25) is 0 Å². The van der Waals surface area contributed by atoms with E-state index in [1.807, 2.05) is 6.07 Å². The van der Waals surface area contributed by atoms with E-state index in [1.165, 1.54) is 25.0 Å². The van der Waals surface area contributed by atoms with Crippen molar-refractivity contribution in [2.75, 3.05) is 6.54 Å². The summed E-state index contributed by atoms with van der Waals surface area (Å²) in [6.45, 7) is 5.13. The van der Waals surface area contributed by atoms with Crippen LogP contribution in [0.15, 0.2) is 18.2 Å². The van der Waals surface area contributed by atoms with E-state index in [0.29, 0.717) is 24.4 Å². The fourth-order valence-corrected chi connectivity index (χ4v) is 3.19. The standard InChI is InChI=1S/C17H24FN3/c1-11(2)7-12(10-19)8-17-20-15-9-13(18)3-6-16(15)21(17)14-4-5-14/h3,6,9,11-12,14H,4-5,7-8,10,19H2,1-2H3. The molecule has 2 aromatic rings. The minimum Gasteiger partial charge on any atom is -0.330 e. The predicted octanol–water partition coefficient (Wildman–Crippen LogP) is 3.67. The van der Waals surface area contributed by atoms with Gasteiger partial charge in [-0.3, -0.25) is 0 Å². The molecule has 1 unspecified atom stereocenters. The van der Waals surface area contributed by atoms with E-state index < -0.39 is 0 Å². The maximum atomic E-state index is 13.4. The second-order valence-electron chi connectivity index (χ2n) is 6.70. The zero-order valence-electron chi connectivity index (χ0n) is 12.8. The van der Waals surface area contributed by atoms with E-state index in [-0.39, 0.29) is 5.82 Å². The molecule has 0 saturated heterocycles. The highest BCUT2D eigenvalue weighted by atomic mass is 19.1. The van der Waals surface area contributed by atoms with E-state index in [0.717, 1.165) is 29.7 Å². The monoisotopic (exact) mass is 289 g/mol. The fourth-order valence-electron chi connectivity index (χ4n) is 3.19. The Morgan fingerprint density at radius 3 is 2.76 bits per heavy atom. The Labute approximate surface area is 125 Å². The third-order valence-corrected chi connectivity index (χ3v) is 4.25. The summed E-state index contributed by atoms with van der Waals surface area (Å²) in [6, 6.07) is 5.48. The Morgan fingerprint density at radius 1 is 1.38 bits per heavy atom. The maximum Gasteiger partial charge on any atom is 0.125 e. The van der Waals surface area contributed by atoms with Gasteiger partial charge < -0.3 is 10.3 Å². The second-order valence-corrected chi connectivity index (χ2v) is 6.70. The summed E-state index contributed by atoms with van der Waals surface area (Å²) in [7, 11) is 0. The Bertz CT molecular complexity index is 628. The fraction of sp³-hybridized carbons (Fsp3) is 0.588. The van der Waals surface area contributed by atoms with E-state index in [2.05, 4.69) is 18.4 Å². The second kappa shape index (κ2) is 5.76. The zero-order valence-corrected chi connectivity index (χ0v) is 12.8. The number of hydrogen-bond acceptors (Lipinski definition) is 2. The Morgan fingerprint density at radius 2 is 2.14 bits per heavy atom. The van der Waals surface area contributed by atoms with Gasteiger partial charge in [0, 0.05) is 18.5 Å².